The number of anilines is 1. The van der Waals surface area contributed by atoms with E-state index in [1.54, 1.807) is 55.8 Å². The minimum Gasteiger partial charge on any atom is -0.497 e. The topological polar surface area (TPSA) is 51.2 Å². The maximum atomic E-state index is 12.3. The molecule has 1 aromatic heterocycles. The van der Waals surface area contributed by atoms with E-state index in [1.807, 2.05) is 6.07 Å². The third-order valence-electron chi connectivity index (χ3n) is 3.30. The number of hydrogen-bond acceptors (Lipinski definition) is 3. The summed E-state index contributed by atoms with van der Waals surface area (Å²) in [4.78, 5) is 16.6. The van der Waals surface area contributed by atoms with E-state index in [1.165, 1.54) is 0 Å². The molecule has 0 radical (unpaired) electrons. The van der Waals surface area contributed by atoms with E-state index in [4.69, 9.17) is 16.3 Å². The Morgan fingerprint density at radius 2 is 1.91 bits per heavy atom. The first-order chi connectivity index (χ1) is 10.7. The molecule has 0 fully saturated rings. The van der Waals surface area contributed by atoms with Crippen LogP contribution in [0.3, 0.4) is 0 Å². The van der Waals surface area contributed by atoms with E-state index in [0.29, 0.717) is 22.0 Å². The summed E-state index contributed by atoms with van der Waals surface area (Å²) in [5.74, 6) is 0.507. The molecule has 22 heavy (non-hydrogen) atoms. The number of benzene rings is 2. The van der Waals surface area contributed by atoms with Crippen LogP contribution in [0, 0.1) is 0 Å². The van der Waals surface area contributed by atoms with Crippen LogP contribution >= 0.6 is 11.6 Å². The van der Waals surface area contributed by atoms with Crippen molar-refractivity contribution in [1.82, 2.24) is 4.98 Å². The molecule has 0 saturated heterocycles. The zero-order valence-corrected chi connectivity index (χ0v) is 12.6. The fourth-order valence-electron chi connectivity index (χ4n) is 2.16. The summed E-state index contributed by atoms with van der Waals surface area (Å²) in [5, 5.41) is 4.29. The summed E-state index contributed by atoms with van der Waals surface area (Å²) < 4.78 is 5.08. The van der Waals surface area contributed by atoms with Crippen LogP contribution in [0.4, 0.5) is 5.69 Å². The van der Waals surface area contributed by atoms with Crippen molar-refractivity contribution >= 4 is 34.1 Å². The molecule has 2 aromatic carbocycles. The molecule has 0 spiro atoms. The summed E-state index contributed by atoms with van der Waals surface area (Å²) in [6.45, 7) is 0. The molecule has 3 aromatic rings. The second-order valence-electron chi connectivity index (χ2n) is 4.70. The lowest BCUT2D eigenvalue weighted by molar-refractivity contribution is 0.102. The van der Waals surface area contributed by atoms with E-state index >= 15 is 0 Å². The maximum absolute atomic E-state index is 12.3. The molecule has 0 aliphatic carbocycles. The molecule has 4 nitrogen and oxygen atoms in total. The molecule has 0 atom stereocenters. The van der Waals surface area contributed by atoms with Crippen LogP contribution in [-0.2, 0) is 0 Å². The lowest BCUT2D eigenvalue weighted by Crippen LogP contribution is -2.12. The standard InChI is InChI=1S/C17H13ClN2O2/c1-22-13-5-2-11(3-6-13)17(21)20-16-8-9-19-15-7-4-12(18)10-14(15)16/h2-10H,1H3,(H,19,20,21). The lowest BCUT2D eigenvalue weighted by atomic mass is 10.1. The number of aromatic nitrogens is 1. The van der Waals surface area contributed by atoms with Crippen LogP contribution in [0.2, 0.25) is 5.02 Å². The van der Waals surface area contributed by atoms with Gasteiger partial charge in [0.25, 0.3) is 5.91 Å². The summed E-state index contributed by atoms with van der Waals surface area (Å²) in [5.41, 5.74) is 2.00. The Kier molecular flexibility index (Phi) is 3.94. The van der Waals surface area contributed by atoms with Crippen molar-refractivity contribution < 1.29 is 9.53 Å². The second kappa shape index (κ2) is 6.03. The van der Waals surface area contributed by atoms with Gasteiger partial charge in [-0.05, 0) is 48.5 Å². The van der Waals surface area contributed by atoms with Crippen LogP contribution in [-0.4, -0.2) is 18.0 Å². The Labute approximate surface area is 132 Å². The van der Waals surface area contributed by atoms with Gasteiger partial charge in [-0.3, -0.25) is 9.78 Å². The minimum absolute atomic E-state index is 0.199. The molecule has 1 heterocycles. The number of halogens is 1. The predicted molar refractivity (Wildman–Crippen MR) is 87.7 cm³/mol. The van der Waals surface area contributed by atoms with E-state index in [0.717, 1.165) is 10.9 Å². The van der Waals surface area contributed by atoms with Crippen molar-refractivity contribution in [2.24, 2.45) is 0 Å². The largest absolute Gasteiger partial charge is 0.497 e. The smallest absolute Gasteiger partial charge is 0.255 e. The SMILES string of the molecule is COc1ccc(C(=O)Nc2ccnc3ccc(Cl)cc23)cc1. The van der Waals surface area contributed by atoms with Gasteiger partial charge in [-0.15, -0.1) is 0 Å². The quantitative estimate of drug-likeness (QED) is 0.790. The Bertz CT molecular complexity index is 832. The predicted octanol–water partition coefficient (Wildman–Crippen LogP) is 4.15. The van der Waals surface area contributed by atoms with Crippen molar-refractivity contribution in [3.8, 4) is 5.75 Å². The molecule has 5 heteroatoms. The molecule has 1 N–H and O–H groups in total. The zero-order valence-electron chi connectivity index (χ0n) is 11.8. The highest BCUT2D eigenvalue weighted by Crippen LogP contribution is 2.25. The van der Waals surface area contributed by atoms with Crippen LogP contribution in [0.5, 0.6) is 5.75 Å². The van der Waals surface area contributed by atoms with Crippen molar-refractivity contribution in [3.05, 3.63) is 65.3 Å². The molecular formula is C17H13ClN2O2. The Morgan fingerprint density at radius 3 is 2.64 bits per heavy atom. The van der Waals surface area contributed by atoms with Gasteiger partial charge in [0.2, 0.25) is 0 Å². The average molecular weight is 313 g/mol. The van der Waals surface area contributed by atoms with Gasteiger partial charge in [0.05, 0.1) is 18.3 Å². The fraction of sp³-hybridized carbons (Fsp3) is 0.0588. The lowest BCUT2D eigenvalue weighted by Gasteiger charge is -2.09. The molecule has 3 rings (SSSR count). The monoisotopic (exact) mass is 312 g/mol. The average Bonchev–Trinajstić information content (AvgIpc) is 2.55. The molecule has 1 amide bonds. The minimum atomic E-state index is -0.199. The van der Waals surface area contributed by atoms with Gasteiger partial charge in [-0.25, -0.2) is 0 Å². The molecule has 110 valence electrons. The highest BCUT2D eigenvalue weighted by atomic mass is 35.5. The van der Waals surface area contributed by atoms with Gasteiger partial charge in [-0.2, -0.15) is 0 Å². The number of nitrogens with one attached hydrogen (secondary N) is 1. The van der Waals surface area contributed by atoms with Crippen molar-refractivity contribution in [2.75, 3.05) is 12.4 Å². The number of pyridine rings is 1. The van der Waals surface area contributed by atoms with Crippen molar-refractivity contribution in [2.45, 2.75) is 0 Å². The van der Waals surface area contributed by atoms with Crippen LogP contribution < -0.4 is 10.1 Å². The number of amides is 1. The van der Waals surface area contributed by atoms with Crippen molar-refractivity contribution in [3.63, 3.8) is 0 Å². The number of nitrogens with zero attached hydrogens (tertiary/aromatic N) is 1. The van der Waals surface area contributed by atoms with Gasteiger partial charge in [0.1, 0.15) is 5.75 Å². The van der Waals surface area contributed by atoms with Gasteiger partial charge < -0.3 is 10.1 Å². The first kappa shape index (κ1) is 14.4. The van der Waals surface area contributed by atoms with E-state index in [-0.39, 0.29) is 5.91 Å². The van der Waals surface area contributed by atoms with Crippen LogP contribution in [0.15, 0.2) is 54.7 Å². The number of rotatable bonds is 3. The molecule has 0 unspecified atom stereocenters. The highest BCUT2D eigenvalue weighted by molar-refractivity contribution is 6.31. The Balaban J connectivity index is 1.91. The van der Waals surface area contributed by atoms with Gasteiger partial charge >= 0.3 is 0 Å². The number of ether oxygens (including phenoxy) is 1. The zero-order chi connectivity index (χ0) is 15.5. The van der Waals surface area contributed by atoms with Gasteiger partial charge in [0, 0.05) is 22.2 Å². The number of carbonyl (C=O) groups is 1. The third kappa shape index (κ3) is 2.87. The Hall–Kier alpha value is -2.59. The molecule has 0 bridgehead atoms. The number of carbonyl (C=O) groups excluding carboxylic acids is 1. The first-order valence-electron chi connectivity index (χ1n) is 6.67. The van der Waals surface area contributed by atoms with Gasteiger partial charge in [0.15, 0.2) is 0 Å². The van der Waals surface area contributed by atoms with Crippen molar-refractivity contribution in [1.29, 1.82) is 0 Å². The Morgan fingerprint density at radius 1 is 1.14 bits per heavy atom. The molecular weight excluding hydrogens is 300 g/mol. The van der Waals surface area contributed by atoms with E-state index in [2.05, 4.69) is 10.3 Å². The van der Waals surface area contributed by atoms with Crippen LogP contribution in [0.25, 0.3) is 10.9 Å². The molecule has 0 aliphatic rings. The van der Waals surface area contributed by atoms with Gasteiger partial charge in [-0.1, -0.05) is 11.6 Å². The number of hydrogen-bond donors (Lipinski definition) is 1. The van der Waals surface area contributed by atoms with Crippen LogP contribution in [0.1, 0.15) is 10.4 Å². The fourth-order valence-corrected chi connectivity index (χ4v) is 2.34. The second-order valence-corrected chi connectivity index (χ2v) is 5.14. The normalized spacial score (nSPS) is 10.5. The first-order valence-corrected chi connectivity index (χ1v) is 7.05. The van der Waals surface area contributed by atoms with E-state index in [9.17, 15) is 4.79 Å². The number of methoxy groups -OCH3 is 1. The molecule has 0 saturated carbocycles. The summed E-state index contributed by atoms with van der Waals surface area (Å²) in [6.07, 6.45) is 1.65. The molecule has 0 aliphatic heterocycles. The summed E-state index contributed by atoms with van der Waals surface area (Å²) >= 11 is 6.02. The maximum Gasteiger partial charge on any atom is 0.255 e. The summed E-state index contributed by atoms with van der Waals surface area (Å²) in [7, 11) is 1.59. The highest BCUT2D eigenvalue weighted by Gasteiger charge is 2.09. The van der Waals surface area contributed by atoms with E-state index < -0.39 is 0 Å². The number of fused-ring (bicyclic) bond motifs is 1. The summed E-state index contributed by atoms with van der Waals surface area (Å²) in [6, 6.07) is 14.0. The third-order valence-corrected chi connectivity index (χ3v) is 3.54.